The number of imidazole rings is 1. The lowest BCUT2D eigenvalue weighted by molar-refractivity contribution is -0.134. The third-order valence-electron chi connectivity index (χ3n) is 4.94. The summed E-state index contributed by atoms with van der Waals surface area (Å²) < 4.78 is 7.87. The number of carbonyl (C=O) groups is 1. The van der Waals surface area contributed by atoms with Crippen LogP contribution in [0.25, 0.3) is 11.0 Å². The molecule has 1 fully saturated rings. The standard InChI is InChI=1S/C20H24N6O2/c1-24(2)18-9-10-19(23-22-18)28-15-6-5-11-25(12-15)20(27)13-26-14-21-16-7-3-4-8-17(16)26/h3-4,7-10,14-15H,5-6,11-13H2,1-2H3. The number of rotatable bonds is 5. The number of ether oxygens (including phenoxy) is 1. The minimum absolute atomic E-state index is 0.0725. The number of likely N-dealkylation sites (tertiary alicyclic amines) is 1. The van der Waals surface area contributed by atoms with E-state index in [4.69, 9.17) is 4.74 Å². The Morgan fingerprint density at radius 2 is 2.07 bits per heavy atom. The van der Waals surface area contributed by atoms with Gasteiger partial charge in [0.2, 0.25) is 11.8 Å². The van der Waals surface area contributed by atoms with Gasteiger partial charge >= 0.3 is 0 Å². The Morgan fingerprint density at radius 3 is 2.86 bits per heavy atom. The van der Waals surface area contributed by atoms with Crippen LogP contribution >= 0.6 is 0 Å². The topological polar surface area (TPSA) is 76.4 Å². The summed E-state index contributed by atoms with van der Waals surface area (Å²) in [6, 6.07) is 11.5. The molecule has 1 atom stereocenters. The molecular formula is C20H24N6O2. The summed E-state index contributed by atoms with van der Waals surface area (Å²) in [5.41, 5.74) is 1.87. The van der Waals surface area contributed by atoms with Crippen LogP contribution in [0.2, 0.25) is 0 Å². The average molecular weight is 380 g/mol. The van der Waals surface area contributed by atoms with E-state index in [9.17, 15) is 4.79 Å². The fourth-order valence-corrected chi connectivity index (χ4v) is 3.43. The Labute approximate surface area is 163 Å². The molecule has 3 heterocycles. The molecular weight excluding hydrogens is 356 g/mol. The van der Waals surface area contributed by atoms with E-state index in [1.54, 1.807) is 6.33 Å². The Kier molecular flexibility index (Phi) is 5.10. The normalized spacial score (nSPS) is 16.9. The zero-order valence-corrected chi connectivity index (χ0v) is 16.2. The molecule has 3 aromatic rings. The Balaban J connectivity index is 1.38. The summed E-state index contributed by atoms with van der Waals surface area (Å²) in [7, 11) is 3.83. The maximum atomic E-state index is 12.8. The van der Waals surface area contributed by atoms with Crippen LogP contribution in [0.15, 0.2) is 42.7 Å². The SMILES string of the molecule is CN(C)c1ccc(OC2CCCN(C(=O)Cn3cnc4ccccc43)C2)nn1. The summed E-state index contributed by atoms with van der Waals surface area (Å²) in [4.78, 5) is 20.9. The number of nitrogens with zero attached hydrogens (tertiary/aromatic N) is 6. The average Bonchev–Trinajstić information content (AvgIpc) is 3.11. The number of fused-ring (bicyclic) bond motifs is 1. The highest BCUT2D eigenvalue weighted by atomic mass is 16.5. The second kappa shape index (κ2) is 7.84. The van der Waals surface area contributed by atoms with Crippen molar-refractivity contribution < 1.29 is 9.53 Å². The molecule has 8 heteroatoms. The Hall–Kier alpha value is -3.16. The van der Waals surface area contributed by atoms with Crippen LogP contribution in [0.5, 0.6) is 5.88 Å². The summed E-state index contributed by atoms with van der Waals surface area (Å²) in [6.07, 6.45) is 3.46. The number of benzene rings is 1. The second-order valence-electron chi connectivity index (χ2n) is 7.21. The molecule has 8 nitrogen and oxygen atoms in total. The number of hydrogen-bond acceptors (Lipinski definition) is 6. The first kappa shape index (κ1) is 18.2. The van der Waals surface area contributed by atoms with Gasteiger partial charge in [-0.1, -0.05) is 12.1 Å². The van der Waals surface area contributed by atoms with E-state index in [1.807, 2.05) is 64.9 Å². The highest BCUT2D eigenvalue weighted by molar-refractivity contribution is 5.80. The number of piperidine rings is 1. The lowest BCUT2D eigenvalue weighted by Crippen LogP contribution is -2.45. The van der Waals surface area contributed by atoms with E-state index in [1.165, 1.54) is 0 Å². The first-order valence-corrected chi connectivity index (χ1v) is 9.45. The van der Waals surface area contributed by atoms with Crippen molar-refractivity contribution in [1.82, 2.24) is 24.6 Å². The third kappa shape index (κ3) is 3.90. The molecule has 0 bridgehead atoms. The third-order valence-corrected chi connectivity index (χ3v) is 4.94. The Morgan fingerprint density at radius 1 is 1.21 bits per heavy atom. The van der Waals surface area contributed by atoms with Crippen molar-refractivity contribution >= 4 is 22.8 Å². The van der Waals surface area contributed by atoms with E-state index in [0.717, 1.165) is 36.2 Å². The first-order valence-electron chi connectivity index (χ1n) is 9.45. The van der Waals surface area contributed by atoms with Gasteiger partial charge < -0.3 is 19.1 Å². The summed E-state index contributed by atoms with van der Waals surface area (Å²) in [5.74, 6) is 1.34. The van der Waals surface area contributed by atoms with Crippen molar-refractivity contribution in [3.63, 3.8) is 0 Å². The van der Waals surface area contributed by atoms with Crippen LogP contribution in [0.4, 0.5) is 5.82 Å². The van der Waals surface area contributed by atoms with E-state index >= 15 is 0 Å². The second-order valence-corrected chi connectivity index (χ2v) is 7.21. The maximum Gasteiger partial charge on any atom is 0.242 e. The molecule has 0 N–H and O–H groups in total. The van der Waals surface area contributed by atoms with Gasteiger partial charge in [-0.2, -0.15) is 0 Å². The molecule has 0 spiro atoms. The molecule has 1 aliphatic heterocycles. The molecule has 1 unspecified atom stereocenters. The van der Waals surface area contributed by atoms with Gasteiger partial charge in [0.25, 0.3) is 0 Å². The van der Waals surface area contributed by atoms with Gasteiger partial charge in [-0.25, -0.2) is 4.98 Å². The van der Waals surface area contributed by atoms with Gasteiger partial charge in [0.15, 0.2) is 5.82 Å². The van der Waals surface area contributed by atoms with Crippen molar-refractivity contribution in [3.8, 4) is 5.88 Å². The van der Waals surface area contributed by atoms with Crippen molar-refractivity contribution in [2.45, 2.75) is 25.5 Å². The van der Waals surface area contributed by atoms with Gasteiger partial charge in [-0.05, 0) is 31.0 Å². The summed E-state index contributed by atoms with van der Waals surface area (Å²) in [6.45, 7) is 1.59. The van der Waals surface area contributed by atoms with E-state index in [0.29, 0.717) is 12.4 Å². The number of amides is 1. The number of carbonyl (C=O) groups excluding carboxylic acids is 1. The van der Waals surface area contributed by atoms with E-state index in [-0.39, 0.29) is 18.6 Å². The fraction of sp³-hybridized carbons (Fsp3) is 0.400. The van der Waals surface area contributed by atoms with Crippen LogP contribution in [0.3, 0.4) is 0 Å². The van der Waals surface area contributed by atoms with Gasteiger partial charge in [0.05, 0.1) is 23.9 Å². The molecule has 1 saturated heterocycles. The zero-order chi connectivity index (χ0) is 19.5. The number of aromatic nitrogens is 4. The largest absolute Gasteiger partial charge is 0.471 e. The minimum atomic E-state index is -0.0725. The molecule has 1 aliphatic rings. The van der Waals surface area contributed by atoms with Crippen LogP contribution in [0, 0.1) is 0 Å². The van der Waals surface area contributed by atoms with Gasteiger partial charge in [-0.15, -0.1) is 10.2 Å². The highest BCUT2D eigenvalue weighted by Gasteiger charge is 2.25. The monoisotopic (exact) mass is 380 g/mol. The fourth-order valence-electron chi connectivity index (χ4n) is 3.43. The van der Waals surface area contributed by atoms with Crippen LogP contribution in [0.1, 0.15) is 12.8 Å². The number of anilines is 1. The molecule has 4 rings (SSSR count). The molecule has 1 aromatic carbocycles. The lowest BCUT2D eigenvalue weighted by Gasteiger charge is -2.32. The molecule has 146 valence electrons. The van der Waals surface area contributed by atoms with Crippen LogP contribution in [-0.4, -0.2) is 63.8 Å². The molecule has 1 amide bonds. The summed E-state index contributed by atoms with van der Waals surface area (Å²) >= 11 is 0. The van der Waals surface area contributed by atoms with Crippen LogP contribution in [-0.2, 0) is 11.3 Å². The van der Waals surface area contributed by atoms with Crippen molar-refractivity contribution in [3.05, 3.63) is 42.7 Å². The Bertz CT molecular complexity index is 953. The minimum Gasteiger partial charge on any atom is -0.471 e. The molecule has 2 aromatic heterocycles. The van der Waals surface area contributed by atoms with Crippen molar-refractivity contribution in [2.75, 3.05) is 32.1 Å². The zero-order valence-electron chi connectivity index (χ0n) is 16.2. The lowest BCUT2D eigenvalue weighted by atomic mass is 10.1. The van der Waals surface area contributed by atoms with Gasteiger partial charge in [-0.3, -0.25) is 4.79 Å². The quantitative estimate of drug-likeness (QED) is 0.674. The van der Waals surface area contributed by atoms with Crippen molar-refractivity contribution in [2.24, 2.45) is 0 Å². The van der Waals surface area contributed by atoms with Crippen molar-refractivity contribution in [1.29, 1.82) is 0 Å². The molecule has 28 heavy (non-hydrogen) atoms. The highest BCUT2D eigenvalue weighted by Crippen LogP contribution is 2.19. The predicted molar refractivity (Wildman–Crippen MR) is 106 cm³/mol. The maximum absolute atomic E-state index is 12.8. The first-order chi connectivity index (χ1) is 13.6. The smallest absolute Gasteiger partial charge is 0.242 e. The number of hydrogen-bond donors (Lipinski definition) is 0. The molecule has 0 saturated carbocycles. The van der Waals surface area contributed by atoms with Gasteiger partial charge in [0, 0.05) is 26.7 Å². The molecule has 0 radical (unpaired) electrons. The van der Waals surface area contributed by atoms with Gasteiger partial charge in [0.1, 0.15) is 12.6 Å². The van der Waals surface area contributed by atoms with E-state index < -0.39 is 0 Å². The summed E-state index contributed by atoms with van der Waals surface area (Å²) in [5, 5.41) is 8.27. The number of para-hydroxylation sites is 2. The molecule has 0 aliphatic carbocycles. The predicted octanol–water partition coefficient (Wildman–Crippen LogP) is 1.96. The van der Waals surface area contributed by atoms with E-state index in [2.05, 4.69) is 15.2 Å². The van der Waals surface area contributed by atoms with Crippen LogP contribution < -0.4 is 9.64 Å².